The molecule has 1 aromatic carbocycles. The number of nitrogens with zero attached hydrogens (tertiary/aromatic N) is 1. The smallest absolute Gasteiger partial charge is 0.237 e. The fourth-order valence-electron chi connectivity index (χ4n) is 3.34. The molecule has 1 aromatic rings. The molecule has 1 amide bonds. The summed E-state index contributed by atoms with van der Waals surface area (Å²) in [6.07, 6.45) is 2.74. The second-order valence-electron chi connectivity index (χ2n) is 6.25. The number of nitrogens with one attached hydrogen (secondary N) is 1. The number of halogens is 2. The van der Waals surface area contributed by atoms with Crippen LogP contribution in [0.5, 0.6) is 0 Å². The van der Waals surface area contributed by atoms with Gasteiger partial charge < -0.3 is 20.7 Å². The SMILES string of the molecule is Cl.Cl.NC(C(=O)NC1CCN(c2ccccc2)C1)C1CCOCC1. The van der Waals surface area contributed by atoms with E-state index >= 15 is 0 Å². The Morgan fingerprint density at radius 1 is 1.17 bits per heavy atom. The van der Waals surface area contributed by atoms with Gasteiger partial charge in [0.15, 0.2) is 0 Å². The molecule has 3 rings (SSSR count). The van der Waals surface area contributed by atoms with Gasteiger partial charge in [-0.25, -0.2) is 0 Å². The molecule has 24 heavy (non-hydrogen) atoms. The molecule has 0 saturated carbocycles. The molecule has 5 nitrogen and oxygen atoms in total. The van der Waals surface area contributed by atoms with Crippen molar-refractivity contribution in [3.05, 3.63) is 30.3 Å². The van der Waals surface area contributed by atoms with Crippen molar-refractivity contribution in [3.63, 3.8) is 0 Å². The minimum atomic E-state index is -0.408. The first-order valence-electron chi connectivity index (χ1n) is 8.18. The number of rotatable bonds is 4. The highest BCUT2D eigenvalue weighted by Crippen LogP contribution is 2.21. The Labute approximate surface area is 156 Å². The third-order valence-electron chi connectivity index (χ3n) is 4.73. The Bertz CT molecular complexity index is 498. The molecule has 0 aliphatic carbocycles. The van der Waals surface area contributed by atoms with Crippen LogP contribution in [0.2, 0.25) is 0 Å². The number of nitrogens with two attached hydrogens (primary N) is 1. The van der Waals surface area contributed by atoms with Crippen LogP contribution in [0.3, 0.4) is 0 Å². The Balaban J connectivity index is 0.00000144. The van der Waals surface area contributed by atoms with Gasteiger partial charge in [-0.15, -0.1) is 24.8 Å². The predicted molar refractivity (Wildman–Crippen MR) is 101 cm³/mol. The van der Waals surface area contributed by atoms with Gasteiger partial charge in [-0.3, -0.25) is 4.79 Å². The minimum absolute atomic E-state index is 0. The van der Waals surface area contributed by atoms with Crippen LogP contribution in [0.25, 0.3) is 0 Å². The zero-order chi connectivity index (χ0) is 15.4. The first-order chi connectivity index (χ1) is 10.7. The van der Waals surface area contributed by atoms with Crippen LogP contribution in [-0.4, -0.2) is 44.3 Å². The topological polar surface area (TPSA) is 67.6 Å². The highest BCUT2D eigenvalue weighted by molar-refractivity contribution is 5.85. The maximum absolute atomic E-state index is 12.3. The summed E-state index contributed by atoms with van der Waals surface area (Å²) in [6, 6.07) is 10.1. The molecular weight excluding hydrogens is 349 g/mol. The first-order valence-corrected chi connectivity index (χ1v) is 8.18. The lowest BCUT2D eigenvalue weighted by atomic mass is 9.91. The summed E-state index contributed by atoms with van der Waals surface area (Å²) >= 11 is 0. The van der Waals surface area contributed by atoms with Crippen molar-refractivity contribution in [1.82, 2.24) is 5.32 Å². The highest BCUT2D eigenvalue weighted by Gasteiger charge is 2.30. The largest absolute Gasteiger partial charge is 0.381 e. The van der Waals surface area contributed by atoms with Crippen molar-refractivity contribution in [2.45, 2.75) is 31.3 Å². The number of carbonyl (C=O) groups excluding carboxylic acids is 1. The molecule has 2 heterocycles. The molecule has 7 heteroatoms. The number of amides is 1. The Hall–Kier alpha value is -1.01. The van der Waals surface area contributed by atoms with Crippen LogP contribution in [0.15, 0.2) is 30.3 Å². The quantitative estimate of drug-likeness (QED) is 0.843. The maximum Gasteiger partial charge on any atom is 0.237 e. The van der Waals surface area contributed by atoms with Gasteiger partial charge in [-0.05, 0) is 37.3 Å². The zero-order valence-electron chi connectivity index (χ0n) is 13.7. The monoisotopic (exact) mass is 375 g/mol. The molecule has 0 aromatic heterocycles. The maximum atomic E-state index is 12.3. The van der Waals surface area contributed by atoms with E-state index in [4.69, 9.17) is 10.5 Å². The van der Waals surface area contributed by atoms with E-state index in [2.05, 4.69) is 22.3 Å². The summed E-state index contributed by atoms with van der Waals surface area (Å²) in [6.45, 7) is 3.27. The van der Waals surface area contributed by atoms with Gasteiger partial charge in [-0.1, -0.05) is 18.2 Å². The van der Waals surface area contributed by atoms with Crippen molar-refractivity contribution in [1.29, 1.82) is 0 Å². The molecule has 136 valence electrons. The molecule has 0 spiro atoms. The molecule has 0 radical (unpaired) electrons. The standard InChI is InChI=1S/C17H25N3O2.2ClH/c18-16(13-7-10-22-11-8-13)17(21)19-14-6-9-20(12-14)15-4-2-1-3-5-15;;/h1-5,13-14,16H,6-12,18H2,(H,19,21);2*1H. The van der Waals surface area contributed by atoms with Gasteiger partial charge in [0.05, 0.1) is 6.04 Å². The van der Waals surface area contributed by atoms with E-state index in [0.717, 1.165) is 45.6 Å². The van der Waals surface area contributed by atoms with Crippen molar-refractivity contribution < 1.29 is 9.53 Å². The molecule has 2 aliphatic rings. The Morgan fingerprint density at radius 2 is 1.83 bits per heavy atom. The minimum Gasteiger partial charge on any atom is -0.381 e. The van der Waals surface area contributed by atoms with Gasteiger partial charge in [-0.2, -0.15) is 0 Å². The molecule has 0 bridgehead atoms. The average Bonchev–Trinajstić information content (AvgIpc) is 3.04. The number of hydrogen-bond acceptors (Lipinski definition) is 4. The Kier molecular flexibility index (Phi) is 8.84. The van der Waals surface area contributed by atoms with Gasteiger partial charge >= 0.3 is 0 Å². The first kappa shape index (κ1) is 21.0. The van der Waals surface area contributed by atoms with E-state index in [-0.39, 0.29) is 42.7 Å². The van der Waals surface area contributed by atoms with E-state index < -0.39 is 6.04 Å². The fraction of sp³-hybridized carbons (Fsp3) is 0.588. The van der Waals surface area contributed by atoms with Crippen molar-refractivity contribution in [2.75, 3.05) is 31.2 Å². The number of carbonyl (C=O) groups is 1. The zero-order valence-corrected chi connectivity index (χ0v) is 15.4. The number of benzene rings is 1. The molecular formula is C17H27Cl2N3O2. The molecule has 2 aliphatic heterocycles. The van der Waals surface area contributed by atoms with Crippen molar-refractivity contribution in [2.24, 2.45) is 11.7 Å². The van der Waals surface area contributed by atoms with Crippen LogP contribution in [-0.2, 0) is 9.53 Å². The lowest BCUT2D eigenvalue weighted by Crippen LogP contribution is -2.50. The van der Waals surface area contributed by atoms with Gasteiger partial charge in [0.1, 0.15) is 0 Å². The van der Waals surface area contributed by atoms with Crippen molar-refractivity contribution >= 4 is 36.4 Å². The lowest BCUT2D eigenvalue weighted by molar-refractivity contribution is -0.124. The summed E-state index contributed by atoms with van der Waals surface area (Å²) in [4.78, 5) is 14.7. The van der Waals surface area contributed by atoms with Gasteiger partial charge in [0.2, 0.25) is 5.91 Å². The summed E-state index contributed by atoms with van der Waals surface area (Å²) < 4.78 is 5.33. The molecule has 2 unspecified atom stereocenters. The number of para-hydroxylation sites is 1. The summed E-state index contributed by atoms with van der Waals surface area (Å²) in [5.74, 6) is 0.243. The van der Waals surface area contributed by atoms with E-state index in [0.29, 0.717) is 0 Å². The third-order valence-corrected chi connectivity index (χ3v) is 4.73. The predicted octanol–water partition coefficient (Wildman–Crippen LogP) is 1.98. The van der Waals surface area contributed by atoms with Gasteiger partial charge in [0.25, 0.3) is 0 Å². The summed E-state index contributed by atoms with van der Waals surface area (Å²) in [5, 5.41) is 3.13. The number of ether oxygens (including phenoxy) is 1. The van der Waals surface area contributed by atoms with Crippen LogP contribution >= 0.6 is 24.8 Å². The number of hydrogen-bond donors (Lipinski definition) is 2. The number of anilines is 1. The van der Waals surface area contributed by atoms with Gasteiger partial charge in [0, 0.05) is 38.0 Å². The lowest BCUT2D eigenvalue weighted by Gasteiger charge is -2.27. The second-order valence-corrected chi connectivity index (χ2v) is 6.25. The van der Waals surface area contributed by atoms with Crippen LogP contribution < -0.4 is 16.0 Å². The van der Waals surface area contributed by atoms with Crippen LogP contribution in [0.1, 0.15) is 19.3 Å². The molecule has 2 atom stereocenters. The highest BCUT2D eigenvalue weighted by atomic mass is 35.5. The summed E-state index contributed by atoms with van der Waals surface area (Å²) in [7, 11) is 0. The normalized spacial score (nSPS) is 22.2. The summed E-state index contributed by atoms with van der Waals surface area (Å²) in [5.41, 5.74) is 7.35. The second kappa shape index (κ2) is 10.1. The van der Waals surface area contributed by atoms with Crippen LogP contribution in [0.4, 0.5) is 5.69 Å². The molecule has 2 fully saturated rings. The van der Waals surface area contributed by atoms with E-state index in [9.17, 15) is 4.79 Å². The fourth-order valence-corrected chi connectivity index (χ4v) is 3.34. The Morgan fingerprint density at radius 3 is 2.50 bits per heavy atom. The molecule has 3 N–H and O–H groups in total. The molecule has 2 saturated heterocycles. The average molecular weight is 376 g/mol. The van der Waals surface area contributed by atoms with E-state index in [1.165, 1.54) is 5.69 Å². The van der Waals surface area contributed by atoms with E-state index in [1.54, 1.807) is 0 Å². The van der Waals surface area contributed by atoms with Crippen molar-refractivity contribution in [3.8, 4) is 0 Å². The van der Waals surface area contributed by atoms with E-state index in [1.807, 2.05) is 18.2 Å². The van der Waals surface area contributed by atoms with Crippen LogP contribution in [0, 0.1) is 5.92 Å². The third kappa shape index (κ3) is 5.24.